The Morgan fingerprint density at radius 1 is 1.16 bits per heavy atom. The van der Waals surface area contributed by atoms with E-state index in [0.29, 0.717) is 31.1 Å². The molecule has 4 fully saturated rings. The lowest BCUT2D eigenvalue weighted by Gasteiger charge is -2.50. The lowest BCUT2D eigenvalue weighted by molar-refractivity contribution is -0.339. The number of aliphatic carboxylic acids is 1. The lowest BCUT2D eigenvalue weighted by Crippen LogP contribution is -2.60. The summed E-state index contributed by atoms with van der Waals surface area (Å²) < 4.78 is 24.1. The third-order valence-electron chi connectivity index (χ3n) is 9.98. The van der Waals surface area contributed by atoms with Crippen LogP contribution < -0.4 is 0 Å². The summed E-state index contributed by atoms with van der Waals surface area (Å²) >= 11 is 0. The molecule has 3 saturated heterocycles. The summed E-state index contributed by atoms with van der Waals surface area (Å²) in [4.78, 5) is 24.9. The van der Waals surface area contributed by atoms with E-state index in [1.807, 2.05) is 13.0 Å². The van der Waals surface area contributed by atoms with Crippen LogP contribution in [0.15, 0.2) is 35.5 Å². The summed E-state index contributed by atoms with van der Waals surface area (Å²) in [6.45, 7) is 12.5. The van der Waals surface area contributed by atoms with Crippen LogP contribution >= 0.6 is 0 Å². The van der Waals surface area contributed by atoms with Gasteiger partial charge in [0.05, 0.1) is 35.9 Å². The van der Waals surface area contributed by atoms with E-state index < -0.39 is 47.6 Å². The molecular weight excluding hydrogens is 552 g/mol. The molecule has 3 heterocycles. The molecule has 0 amide bonds. The van der Waals surface area contributed by atoms with Crippen LogP contribution in [0, 0.1) is 29.6 Å². The maximum atomic E-state index is 12.8. The van der Waals surface area contributed by atoms with Gasteiger partial charge in [0.25, 0.3) is 0 Å². The summed E-state index contributed by atoms with van der Waals surface area (Å²) in [5.74, 6) is -3.00. The zero-order chi connectivity index (χ0) is 31.7. The van der Waals surface area contributed by atoms with Crippen molar-refractivity contribution in [2.75, 3.05) is 7.11 Å². The number of fused-ring (bicyclic) bond motifs is 1. The molecule has 242 valence electrons. The molecule has 1 aliphatic carbocycles. The average Bonchev–Trinajstić information content (AvgIpc) is 3.18. The Kier molecular flexibility index (Phi) is 10.6. The molecule has 0 aromatic rings. The lowest BCUT2D eigenvalue weighted by atomic mass is 9.66. The highest BCUT2D eigenvalue weighted by Crippen LogP contribution is 2.49. The highest BCUT2D eigenvalue weighted by molar-refractivity contribution is 5.96. The summed E-state index contributed by atoms with van der Waals surface area (Å²) in [7, 11) is 1.47. The number of hydrogen-bond acceptors (Lipinski definition) is 8. The van der Waals surface area contributed by atoms with Gasteiger partial charge in [-0.2, -0.15) is 0 Å². The fraction of sp³-hybridized carbons (Fsp3) is 0.765. The molecule has 0 aromatic heterocycles. The van der Waals surface area contributed by atoms with Crippen LogP contribution in [0.25, 0.3) is 0 Å². The molecule has 3 aliphatic heterocycles. The Balaban J connectivity index is 1.38. The van der Waals surface area contributed by atoms with Crippen LogP contribution in [0.1, 0.15) is 86.5 Å². The van der Waals surface area contributed by atoms with E-state index >= 15 is 0 Å². The minimum Gasteiger partial charge on any atom is -0.481 e. The molecule has 9 nitrogen and oxygen atoms in total. The number of esters is 1. The Morgan fingerprint density at radius 3 is 2.53 bits per heavy atom. The van der Waals surface area contributed by atoms with Crippen molar-refractivity contribution in [1.82, 2.24) is 0 Å². The highest BCUT2D eigenvalue weighted by Gasteiger charge is 2.65. The standard InChI is InChI=1S/C34H52O9/c1-19(2)28-22(5)13-14-33(43-28)18-24(35)17-25(42-33)12-11-21(4)15-20(3)9-8-10-26-32(38)41-30-29(40-7)23(6)16-27(31(36)37)34(26,30)39/h8-11,19-20,22-25,27-30,35,39H,12-18H2,1-7H3,(H,36,37)/b9-8+,21-11+,26-10+/t20-,22-,23-,24-,25+,27-,28+,29+,30+,33+,34+/m0/s1. The van der Waals surface area contributed by atoms with Crippen LogP contribution in [0.3, 0.4) is 0 Å². The number of allylic oxidation sites excluding steroid dienone is 4. The van der Waals surface area contributed by atoms with Gasteiger partial charge in [-0.25, -0.2) is 4.79 Å². The zero-order valence-electron chi connectivity index (χ0n) is 26.8. The van der Waals surface area contributed by atoms with Crippen molar-refractivity contribution in [2.45, 2.75) is 128 Å². The third-order valence-corrected chi connectivity index (χ3v) is 9.98. The summed E-state index contributed by atoms with van der Waals surface area (Å²) in [6.07, 6.45) is 9.71. The molecule has 0 radical (unpaired) electrons. The fourth-order valence-electron chi connectivity index (χ4n) is 7.81. The molecule has 3 N–H and O–H groups in total. The van der Waals surface area contributed by atoms with Crippen LogP contribution in [-0.4, -0.2) is 76.3 Å². The van der Waals surface area contributed by atoms with Gasteiger partial charge in [0.2, 0.25) is 0 Å². The average molecular weight is 605 g/mol. The quantitative estimate of drug-likeness (QED) is 0.190. The summed E-state index contributed by atoms with van der Waals surface area (Å²) in [6, 6.07) is 0. The van der Waals surface area contributed by atoms with E-state index in [4.69, 9.17) is 18.9 Å². The van der Waals surface area contributed by atoms with Gasteiger partial charge in [-0.1, -0.05) is 58.4 Å². The summed E-state index contributed by atoms with van der Waals surface area (Å²) in [5.41, 5.74) is -0.832. The number of carboxylic acids is 1. The second kappa shape index (κ2) is 13.5. The molecule has 4 aliphatic rings. The SMILES string of the molecule is CO[C@H]1[C@H]2OC(=O)/C(=C\C=C\[C@H](C)C/C(C)=C/C[C@@H]3C[C@H](O)C[C@]4(CC[C@H](C)[C@@H](C(C)C)O4)O3)[C@@]2(O)[C@H](C(=O)O)C[C@@H]1C. The number of rotatable bonds is 9. The Hall–Kier alpha value is -2.04. The largest absolute Gasteiger partial charge is 0.481 e. The Labute approximate surface area is 256 Å². The molecule has 0 aromatic carbocycles. The predicted molar refractivity (Wildman–Crippen MR) is 161 cm³/mol. The minimum atomic E-state index is -1.96. The van der Waals surface area contributed by atoms with Crippen LogP contribution in [0.5, 0.6) is 0 Å². The number of ether oxygens (including phenoxy) is 4. The smallest absolute Gasteiger partial charge is 0.337 e. The first-order chi connectivity index (χ1) is 20.2. The van der Waals surface area contributed by atoms with Gasteiger partial charge in [0.1, 0.15) is 5.60 Å². The second-order valence-corrected chi connectivity index (χ2v) is 14.0. The maximum absolute atomic E-state index is 12.8. The van der Waals surface area contributed by atoms with Gasteiger partial charge in [0.15, 0.2) is 11.9 Å². The molecule has 9 heteroatoms. The second-order valence-electron chi connectivity index (χ2n) is 14.0. The van der Waals surface area contributed by atoms with E-state index in [1.165, 1.54) is 18.8 Å². The van der Waals surface area contributed by atoms with Crippen molar-refractivity contribution < 1.29 is 43.9 Å². The van der Waals surface area contributed by atoms with E-state index in [-0.39, 0.29) is 36.0 Å². The molecule has 0 unspecified atom stereocenters. The van der Waals surface area contributed by atoms with Gasteiger partial charge in [0, 0.05) is 26.4 Å². The number of aliphatic hydroxyl groups is 2. The molecule has 1 spiro atoms. The van der Waals surface area contributed by atoms with Crippen molar-refractivity contribution >= 4 is 11.9 Å². The monoisotopic (exact) mass is 604 g/mol. The number of hydrogen-bond donors (Lipinski definition) is 3. The van der Waals surface area contributed by atoms with Gasteiger partial charge in [-0.15, -0.1) is 0 Å². The molecule has 4 rings (SSSR count). The number of carboxylic acid groups (broad SMARTS) is 1. The number of aliphatic hydroxyl groups excluding tert-OH is 1. The van der Waals surface area contributed by atoms with Gasteiger partial charge in [-0.05, 0) is 62.4 Å². The van der Waals surface area contributed by atoms with E-state index in [1.54, 1.807) is 6.08 Å². The first-order valence-corrected chi connectivity index (χ1v) is 16.0. The fourth-order valence-corrected chi connectivity index (χ4v) is 7.81. The Morgan fingerprint density at radius 2 is 1.88 bits per heavy atom. The van der Waals surface area contributed by atoms with Crippen molar-refractivity contribution in [2.24, 2.45) is 29.6 Å². The first kappa shape index (κ1) is 33.8. The number of carbonyl (C=O) groups excluding carboxylic acids is 1. The van der Waals surface area contributed by atoms with Crippen LogP contribution in [0.4, 0.5) is 0 Å². The van der Waals surface area contributed by atoms with Crippen molar-refractivity contribution in [3.8, 4) is 0 Å². The van der Waals surface area contributed by atoms with Gasteiger partial charge < -0.3 is 34.3 Å². The van der Waals surface area contributed by atoms with Crippen molar-refractivity contribution in [3.63, 3.8) is 0 Å². The van der Waals surface area contributed by atoms with Crippen LogP contribution in [0.2, 0.25) is 0 Å². The van der Waals surface area contributed by atoms with E-state index in [0.717, 1.165) is 19.3 Å². The molecule has 11 atom stereocenters. The first-order valence-electron chi connectivity index (χ1n) is 16.0. The summed E-state index contributed by atoms with van der Waals surface area (Å²) in [5, 5.41) is 32.2. The molecule has 43 heavy (non-hydrogen) atoms. The van der Waals surface area contributed by atoms with Gasteiger partial charge >= 0.3 is 11.9 Å². The third kappa shape index (κ3) is 7.12. The number of methoxy groups -OCH3 is 1. The molecule has 1 saturated carbocycles. The number of carbonyl (C=O) groups is 2. The van der Waals surface area contributed by atoms with Gasteiger partial charge in [-0.3, -0.25) is 4.79 Å². The van der Waals surface area contributed by atoms with Crippen LogP contribution in [-0.2, 0) is 28.5 Å². The normalized spacial score (nSPS) is 42.0. The van der Waals surface area contributed by atoms with Crippen molar-refractivity contribution in [1.29, 1.82) is 0 Å². The predicted octanol–water partition coefficient (Wildman–Crippen LogP) is 4.95. The van der Waals surface area contributed by atoms with Crippen molar-refractivity contribution in [3.05, 3.63) is 35.5 Å². The molecular formula is C34H52O9. The zero-order valence-corrected chi connectivity index (χ0v) is 26.8. The topological polar surface area (TPSA) is 132 Å². The maximum Gasteiger partial charge on any atom is 0.337 e. The van der Waals surface area contributed by atoms with E-state index in [9.17, 15) is 24.9 Å². The molecule has 0 bridgehead atoms. The highest BCUT2D eigenvalue weighted by atomic mass is 16.7. The minimum absolute atomic E-state index is 0.0458. The Bertz CT molecular complexity index is 1110. The van der Waals surface area contributed by atoms with E-state index in [2.05, 4.69) is 40.7 Å².